The Morgan fingerprint density at radius 3 is 2.00 bits per heavy atom. The molecule has 0 amide bonds. The summed E-state index contributed by atoms with van der Waals surface area (Å²) in [5.41, 5.74) is 8.10. The molecule has 1 nitrogen and oxygen atoms in total. The molecule has 0 spiro atoms. The van der Waals surface area contributed by atoms with Crippen LogP contribution in [0.3, 0.4) is 0 Å². The summed E-state index contributed by atoms with van der Waals surface area (Å²) < 4.78 is 5.91. The fourth-order valence-corrected chi connectivity index (χ4v) is 4.80. The summed E-state index contributed by atoms with van der Waals surface area (Å²) in [5, 5.41) is 2.63. The summed E-state index contributed by atoms with van der Waals surface area (Å²) in [5.74, 6) is 0.250. The van der Waals surface area contributed by atoms with Gasteiger partial charge >= 0.3 is 0 Å². The van der Waals surface area contributed by atoms with E-state index in [2.05, 4.69) is 91.9 Å². The number of hydrogen-bond donors (Lipinski definition) is 0. The minimum Gasteiger partial charge on any atom is -0.365 e. The van der Waals surface area contributed by atoms with Crippen LogP contribution in [0.5, 0.6) is 0 Å². The first-order valence-electron chi connectivity index (χ1n) is 9.61. The zero-order chi connectivity index (χ0) is 18.0. The van der Waals surface area contributed by atoms with E-state index in [0.717, 1.165) is 6.61 Å². The monoisotopic (exact) mass is 348 g/mol. The third-order valence-electron chi connectivity index (χ3n) is 6.24. The molecule has 1 atom stereocenters. The van der Waals surface area contributed by atoms with Crippen molar-refractivity contribution in [3.05, 3.63) is 107 Å². The summed E-state index contributed by atoms with van der Waals surface area (Å²) in [7, 11) is 0. The van der Waals surface area contributed by atoms with Gasteiger partial charge in [-0.3, -0.25) is 0 Å². The van der Waals surface area contributed by atoms with E-state index in [1.165, 1.54) is 44.2 Å². The molecule has 1 aliphatic carbocycles. The second-order valence-electron chi connectivity index (χ2n) is 7.87. The lowest BCUT2D eigenvalue weighted by Gasteiger charge is -2.23. The topological polar surface area (TPSA) is 12.5 Å². The molecular weight excluding hydrogens is 328 g/mol. The molecule has 0 bridgehead atoms. The number of hydrogen-bond acceptors (Lipinski definition) is 1. The smallest absolute Gasteiger partial charge is 0.114 e. The van der Waals surface area contributed by atoms with Crippen LogP contribution in [0, 0.1) is 0 Å². The molecule has 0 saturated carbocycles. The van der Waals surface area contributed by atoms with Crippen molar-refractivity contribution < 1.29 is 4.74 Å². The van der Waals surface area contributed by atoms with Gasteiger partial charge in [0, 0.05) is 5.92 Å². The van der Waals surface area contributed by atoms with Crippen LogP contribution >= 0.6 is 0 Å². The van der Waals surface area contributed by atoms with E-state index in [1.54, 1.807) is 0 Å². The maximum atomic E-state index is 5.91. The molecule has 1 heterocycles. The first kappa shape index (κ1) is 15.2. The summed E-state index contributed by atoms with van der Waals surface area (Å²) in [6.07, 6.45) is 0. The highest BCUT2D eigenvalue weighted by Gasteiger charge is 2.45. The molecule has 27 heavy (non-hydrogen) atoms. The van der Waals surface area contributed by atoms with Gasteiger partial charge in [-0.25, -0.2) is 0 Å². The van der Waals surface area contributed by atoms with Crippen LogP contribution < -0.4 is 0 Å². The van der Waals surface area contributed by atoms with Crippen molar-refractivity contribution in [1.29, 1.82) is 0 Å². The van der Waals surface area contributed by atoms with Gasteiger partial charge < -0.3 is 4.74 Å². The van der Waals surface area contributed by atoms with Crippen molar-refractivity contribution in [3.8, 4) is 11.1 Å². The van der Waals surface area contributed by atoms with Gasteiger partial charge in [-0.1, -0.05) is 84.9 Å². The fraction of sp³-hybridized carbons (Fsp3) is 0.154. The van der Waals surface area contributed by atoms with E-state index in [4.69, 9.17) is 4.74 Å². The molecule has 130 valence electrons. The predicted molar refractivity (Wildman–Crippen MR) is 110 cm³/mol. The molecule has 1 fully saturated rings. The van der Waals surface area contributed by atoms with Crippen LogP contribution in [-0.2, 0) is 10.3 Å². The highest BCUT2D eigenvalue weighted by Crippen LogP contribution is 2.53. The molecule has 0 radical (unpaired) electrons. The largest absolute Gasteiger partial charge is 0.365 e. The van der Waals surface area contributed by atoms with E-state index in [-0.39, 0.29) is 11.5 Å². The fourth-order valence-electron chi connectivity index (χ4n) is 4.80. The van der Waals surface area contributed by atoms with Gasteiger partial charge in [0.15, 0.2) is 0 Å². The molecule has 0 N–H and O–H groups in total. The summed E-state index contributed by atoms with van der Waals surface area (Å²) in [6, 6.07) is 31.0. The van der Waals surface area contributed by atoms with E-state index in [9.17, 15) is 0 Å². The maximum absolute atomic E-state index is 5.91. The first-order valence-corrected chi connectivity index (χ1v) is 9.61. The van der Waals surface area contributed by atoms with Crippen LogP contribution in [0.25, 0.3) is 21.9 Å². The van der Waals surface area contributed by atoms with Gasteiger partial charge in [0.1, 0.15) is 5.60 Å². The zero-order valence-electron chi connectivity index (χ0n) is 15.3. The zero-order valence-corrected chi connectivity index (χ0v) is 15.3. The van der Waals surface area contributed by atoms with Gasteiger partial charge in [0.2, 0.25) is 0 Å². The van der Waals surface area contributed by atoms with E-state index < -0.39 is 0 Å². The van der Waals surface area contributed by atoms with Crippen molar-refractivity contribution in [2.45, 2.75) is 18.4 Å². The minimum absolute atomic E-state index is 0.161. The number of benzene rings is 4. The quantitative estimate of drug-likeness (QED) is 0.344. The molecule has 4 aromatic carbocycles. The predicted octanol–water partition coefficient (Wildman–Crippen LogP) is 6.25. The lowest BCUT2D eigenvalue weighted by molar-refractivity contribution is 0.328. The van der Waals surface area contributed by atoms with Crippen molar-refractivity contribution >= 4 is 10.8 Å². The van der Waals surface area contributed by atoms with Crippen molar-refractivity contribution in [2.24, 2.45) is 0 Å². The Morgan fingerprint density at radius 2 is 1.33 bits per heavy atom. The number of ether oxygens (including phenoxy) is 1. The second kappa shape index (κ2) is 5.31. The Labute approximate surface area is 159 Å². The van der Waals surface area contributed by atoms with E-state index >= 15 is 0 Å². The van der Waals surface area contributed by atoms with Gasteiger partial charge in [-0.2, -0.15) is 0 Å². The molecule has 1 saturated heterocycles. The molecule has 4 aromatic rings. The van der Waals surface area contributed by atoms with Crippen molar-refractivity contribution in [2.75, 3.05) is 6.61 Å². The average molecular weight is 348 g/mol. The molecule has 0 unspecified atom stereocenters. The summed E-state index contributed by atoms with van der Waals surface area (Å²) in [4.78, 5) is 0. The summed E-state index contributed by atoms with van der Waals surface area (Å²) in [6.45, 7) is 3.02. The molecule has 2 aliphatic rings. The minimum atomic E-state index is -0.161. The Bertz CT molecular complexity index is 1150. The van der Waals surface area contributed by atoms with Crippen LogP contribution in [0.15, 0.2) is 84.9 Å². The molecular formula is C26H20O. The van der Waals surface area contributed by atoms with E-state index in [1.807, 2.05) is 0 Å². The average Bonchev–Trinajstić information content (AvgIpc) is 3.38. The third kappa shape index (κ3) is 2.09. The van der Waals surface area contributed by atoms with Crippen molar-refractivity contribution in [3.63, 3.8) is 0 Å². The number of rotatable bonds is 2. The van der Waals surface area contributed by atoms with Gasteiger partial charge in [0.25, 0.3) is 0 Å². The lowest BCUT2D eigenvalue weighted by atomic mass is 9.80. The van der Waals surface area contributed by atoms with Gasteiger partial charge in [0.05, 0.1) is 6.61 Å². The van der Waals surface area contributed by atoms with E-state index in [0.29, 0.717) is 0 Å². The van der Waals surface area contributed by atoms with Crippen LogP contribution in [0.1, 0.15) is 35.1 Å². The SMILES string of the molecule is C[C@]1(c2ccc3ccccc3c2C2c3ccccc3-c3ccccc32)CO1. The molecule has 1 heteroatoms. The number of fused-ring (bicyclic) bond motifs is 4. The molecule has 1 aliphatic heterocycles. The van der Waals surface area contributed by atoms with Crippen LogP contribution in [0.4, 0.5) is 0 Å². The van der Waals surface area contributed by atoms with Crippen LogP contribution in [-0.4, -0.2) is 6.61 Å². The number of epoxide rings is 1. The van der Waals surface area contributed by atoms with Crippen molar-refractivity contribution in [1.82, 2.24) is 0 Å². The Morgan fingerprint density at radius 1 is 0.741 bits per heavy atom. The lowest BCUT2D eigenvalue weighted by Crippen LogP contribution is -2.12. The third-order valence-corrected chi connectivity index (χ3v) is 6.24. The molecule has 0 aromatic heterocycles. The van der Waals surface area contributed by atoms with Gasteiger partial charge in [-0.05, 0) is 51.1 Å². The van der Waals surface area contributed by atoms with Crippen LogP contribution in [0.2, 0.25) is 0 Å². The van der Waals surface area contributed by atoms with Gasteiger partial charge in [-0.15, -0.1) is 0 Å². The standard InChI is InChI=1S/C26H20O/c1-26(16-27-26)23-15-14-17-8-2-3-9-18(17)25(23)24-21-12-6-4-10-19(21)20-11-5-7-13-22(20)24/h2-15,24H,16H2,1H3/t26-/m1/s1. The normalized spacial score (nSPS) is 20.5. The maximum Gasteiger partial charge on any atom is 0.114 e. The Balaban J connectivity index is 1.74. The highest BCUT2D eigenvalue weighted by molar-refractivity contribution is 5.91. The Hall–Kier alpha value is -2.90. The Kier molecular flexibility index (Phi) is 2.99. The second-order valence-corrected chi connectivity index (χ2v) is 7.87. The first-order chi connectivity index (χ1) is 13.3. The highest BCUT2D eigenvalue weighted by atomic mass is 16.6. The summed E-state index contributed by atoms with van der Waals surface area (Å²) >= 11 is 0. The molecule has 6 rings (SSSR count).